The molecule has 4 aromatic heterocycles. The molecule has 224 valence electrons. The number of rotatable bonds is 8. The number of aryl methyl sites for hydroxylation is 1. The normalized spacial score (nSPS) is 16.1. The molecule has 2 aliphatic rings. The summed E-state index contributed by atoms with van der Waals surface area (Å²) in [5, 5.41) is 16.3. The summed E-state index contributed by atoms with van der Waals surface area (Å²) in [5.74, 6) is 7.60. The molecule has 0 radical (unpaired) electrons. The molecule has 0 atom stereocenters. The summed E-state index contributed by atoms with van der Waals surface area (Å²) in [4.78, 5) is 15.6. The number of primary sulfonamides is 1. The van der Waals surface area contributed by atoms with Gasteiger partial charge in [0.1, 0.15) is 11.6 Å². The Kier molecular flexibility index (Phi) is 7.63. The average molecular weight is 623 g/mol. The van der Waals surface area contributed by atoms with E-state index in [2.05, 4.69) is 47.2 Å². The highest BCUT2D eigenvalue weighted by molar-refractivity contribution is 7.90. The van der Waals surface area contributed by atoms with E-state index in [0.717, 1.165) is 15.3 Å². The molecule has 1 aliphatic carbocycles. The Bertz CT molecular complexity index is 1930. The summed E-state index contributed by atoms with van der Waals surface area (Å²) < 4.78 is 51.0. The molecule has 0 aromatic carbocycles. The molecule has 4 aromatic rings. The van der Waals surface area contributed by atoms with Crippen LogP contribution in [0.15, 0.2) is 49.3 Å². The van der Waals surface area contributed by atoms with Crippen LogP contribution in [-0.2, 0) is 27.1 Å². The van der Waals surface area contributed by atoms with Crippen molar-refractivity contribution in [3.8, 4) is 23.2 Å². The highest BCUT2D eigenvalue weighted by Crippen LogP contribution is 2.31. The van der Waals surface area contributed by atoms with Crippen molar-refractivity contribution in [3.63, 3.8) is 0 Å². The third-order valence-corrected chi connectivity index (χ3v) is 10.3. The fourth-order valence-electron chi connectivity index (χ4n) is 4.94. The topological polar surface area (TPSA) is 184 Å². The largest absolute Gasteiger partial charge is 0.370 e. The highest BCUT2D eigenvalue weighted by Gasteiger charge is 2.37. The van der Waals surface area contributed by atoms with Crippen LogP contribution in [0.3, 0.4) is 0 Å². The minimum atomic E-state index is -3.54. The zero-order chi connectivity index (χ0) is 30.2. The molecule has 14 nitrogen and oxygen atoms in total. The van der Waals surface area contributed by atoms with Gasteiger partial charge in [0, 0.05) is 44.8 Å². The van der Waals surface area contributed by atoms with E-state index < -0.39 is 20.0 Å². The predicted octanol–water partition coefficient (Wildman–Crippen LogP) is 1.46. The van der Waals surface area contributed by atoms with Crippen molar-refractivity contribution >= 4 is 37.4 Å². The number of piperidine rings is 1. The number of hydrogen-bond donors (Lipinski definition) is 2. The number of aromatic nitrogens is 7. The summed E-state index contributed by atoms with van der Waals surface area (Å²) >= 11 is 0. The molecule has 1 saturated carbocycles. The molecular weight excluding hydrogens is 592 g/mol. The predicted molar refractivity (Wildman–Crippen MR) is 160 cm³/mol. The Morgan fingerprint density at radius 1 is 0.977 bits per heavy atom. The zero-order valence-corrected chi connectivity index (χ0v) is 25.0. The van der Waals surface area contributed by atoms with Gasteiger partial charge in [-0.1, -0.05) is 11.8 Å². The SMILES string of the molecule is Cn1cc(C#Cc2cnc(Nc3ccnc(-c4cnn(S(=O)(=O)C5CC5)c4)n3)cc2N2CCC(CS(N)(=O)=O)CC2)cn1. The lowest BCUT2D eigenvalue weighted by atomic mass is 9.98. The van der Waals surface area contributed by atoms with Gasteiger partial charge in [-0.15, -0.1) is 0 Å². The van der Waals surface area contributed by atoms with Gasteiger partial charge in [-0.3, -0.25) is 4.68 Å². The summed E-state index contributed by atoms with van der Waals surface area (Å²) in [6.45, 7) is 1.27. The molecule has 5 heterocycles. The first-order valence-electron chi connectivity index (χ1n) is 13.7. The second kappa shape index (κ2) is 11.4. The molecule has 16 heteroatoms. The van der Waals surface area contributed by atoms with E-state index in [9.17, 15) is 16.8 Å². The monoisotopic (exact) mass is 622 g/mol. The van der Waals surface area contributed by atoms with Crippen LogP contribution in [0.25, 0.3) is 11.4 Å². The number of sulfonamides is 1. The van der Waals surface area contributed by atoms with Gasteiger partial charge < -0.3 is 10.2 Å². The molecule has 0 amide bonds. The van der Waals surface area contributed by atoms with E-state index in [-0.39, 0.29) is 16.9 Å². The molecule has 3 N–H and O–H groups in total. The molecule has 1 aliphatic heterocycles. The fourth-order valence-corrected chi connectivity index (χ4v) is 7.41. The van der Waals surface area contributed by atoms with E-state index in [1.165, 1.54) is 12.4 Å². The van der Waals surface area contributed by atoms with Crippen molar-refractivity contribution in [2.24, 2.45) is 18.1 Å². The van der Waals surface area contributed by atoms with Crippen LogP contribution < -0.4 is 15.4 Å². The van der Waals surface area contributed by atoms with Crippen LogP contribution in [0.5, 0.6) is 0 Å². The maximum atomic E-state index is 12.5. The van der Waals surface area contributed by atoms with Gasteiger partial charge in [-0.05, 0) is 37.7 Å². The van der Waals surface area contributed by atoms with Crippen molar-refractivity contribution < 1.29 is 16.8 Å². The first kappa shape index (κ1) is 28.8. The van der Waals surface area contributed by atoms with E-state index in [0.29, 0.717) is 67.4 Å². The molecular formula is C27H30N10O4S2. The van der Waals surface area contributed by atoms with Crippen LogP contribution in [0, 0.1) is 17.8 Å². The fraction of sp³-hybridized carbons (Fsp3) is 0.370. The summed E-state index contributed by atoms with van der Waals surface area (Å²) in [6.07, 6.45) is 12.3. The minimum absolute atomic E-state index is 0.00123. The standard InChI is InChI=1S/C27H30N10O4S2/c1-35-16-20(13-31-35)2-3-21-14-30-26(12-24(21)36-10-7-19(8-11-36)18-42(28,38)39)33-25-6-9-29-27(34-25)22-15-32-37(17-22)43(40,41)23-4-5-23/h6,9,12-17,19,23H,4-5,7-8,10-11,18H2,1H3,(H2,28,38,39)(H,29,30,33,34). The number of nitrogens with zero attached hydrogens (tertiary/aromatic N) is 8. The van der Waals surface area contributed by atoms with E-state index in [1.54, 1.807) is 29.3 Å². The maximum absolute atomic E-state index is 12.5. The lowest BCUT2D eigenvalue weighted by Gasteiger charge is -2.34. The second-order valence-electron chi connectivity index (χ2n) is 10.7. The Hall–Kier alpha value is -4.33. The average Bonchev–Trinajstić information content (AvgIpc) is 3.57. The molecule has 2 fully saturated rings. The Morgan fingerprint density at radius 2 is 1.77 bits per heavy atom. The Labute approximate surface area is 249 Å². The zero-order valence-electron chi connectivity index (χ0n) is 23.3. The Balaban J connectivity index is 1.25. The first-order chi connectivity index (χ1) is 20.5. The molecule has 0 bridgehead atoms. The van der Waals surface area contributed by atoms with Crippen LogP contribution in [0.2, 0.25) is 0 Å². The van der Waals surface area contributed by atoms with E-state index >= 15 is 0 Å². The van der Waals surface area contributed by atoms with Crippen molar-refractivity contribution in [2.45, 2.75) is 30.9 Å². The third-order valence-electron chi connectivity index (χ3n) is 7.29. The van der Waals surface area contributed by atoms with E-state index in [4.69, 9.17) is 5.14 Å². The lowest BCUT2D eigenvalue weighted by Crippen LogP contribution is -2.37. The third kappa shape index (κ3) is 6.85. The number of pyridine rings is 1. The summed E-state index contributed by atoms with van der Waals surface area (Å²) in [6, 6.07) is 3.57. The van der Waals surface area contributed by atoms with Crippen LogP contribution >= 0.6 is 0 Å². The van der Waals surface area contributed by atoms with Crippen LogP contribution in [0.1, 0.15) is 36.8 Å². The van der Waals surface area contributed by atoms with Crippen LogP contribution in [0.4, 0.5) is 17.3 Å². The summed E-state index contributed by atoms with van der Waals surface area (Å²) in [5.41, 5.74) is 2.81. The van der Waals surface area contributed by atoms with Gasteiger partial charge in [0.25, 0.3) is 10.0 Å². The Morgan fingerprint density at radius 3 is 2.47 bits per heavy atom. The van der Waals surface area contributed by atoms with Gasteiger partial charge in [-0.25, -0.2) is 36.9 Å². The smallest absolute Gasteiger partial charge is 0.256 e. The maximum Gasteiger partial charge on any atom is 0.256 e. The summed E-state index contributed by atoms with van der Waals surface area (Å²) in [7, 11) is -5.21. The molecule has 43 heavy (non-hydrogen) atoms. The molecule has 1 saturated heterocycles. The van der Waals surface area contributed by atoms with E-state index in [1.807, 2.05) is 19.3 Å². The van der Waals surface area contributed by atoms with Gasteiger partial charge >= 0.3 is 0 Å². The molecule has 0 spiro atoms. The quantitative estimate of drug-likeness (QED) is 0.271. The second-order valence-corrected chi connectivity index (χ2v) is 14.5. The number of anilines is 3. The van der Waals surface area contributed by atoms with Crippen molar-refractivity contribution in [3.05, 3.63) is 60.4 Å². The van der Waals surface area contributed by atoms with Gasteiger partial charge in [0.15, 0.2) is 5.82 Å². The van der Waals surface area contributed by atoms with Crippen molar-refractivity contribution in [2.75, 3.05) is 29.1 Å². The molecule has 6 rings (SSSR count). The number of nitrogens with two attached hydrogens (primary N) is 1. The highest BCUT2D eigenvalue weighted by atomic mass is 32.2. The van der Waals surface area contributed by atoms with Crippen molar-refractivity contribution in [1.82, 2.24) is 33.9 Å². The van der Waals surface area contributed by atoms with Gasteiger partial charge in [-0.2, -0.15) is 14.3 Å². The lowest BCUT2D eigenvalue weighted by molar-refractivity contribution is 0.436. The number of nitrogens with one attached hydrogen (secondary N) is 1. The van der Waals surface area contributed by atoms with Gasteiger partial charge in [0.2, 0.25) is 10.0 Å². The van der Waals surface area contributed by atoms with Gasteiger partial charge in [0.05, 0.1) is 52.0 Å². The molecule has 0 unspecified atom stereocenters. The minimum Gasteiger partial charge on any atom is -0.370 e. The van der Waals surface area contributed by atoms with Crippen molar-refractivity contribution in [1.29, 1.82) is 0 Å². The van der Waals surface area contributed by atoms with Crippen LogP contribution in [-0.4, -0.2) is 74.8 Å². The first-order valence-corrected chi connectivity index (χ1v) is 16.9. The number of hydrogen-bond acceptors (Lipinski definition) is 11.